The molecule has 3 nitrogen and oxygen atoms in total. The number of rotatable bonds is 4. The van der Waals surface area contributed by atoms with Gasteiger partial charge in [-0.15, -0.1) is 11.3 Å². The molecule has 1 aromatic carbocycles. The first-order valence-electron chi connectivity index (χ1n) is 7.24. The first-order chi connectivity index (χ1) is 10.0. The number of aliphatic hydroxyl groups is 1. The van der Waals surface area contributed by atoms with Crippen LogP contribution in [0.2, 0.25) is 0 Å². The third-order valence-electron chi connectivity index (χ3n) is 3.90. The number of hydrogen-bond acceptors (Lipinski definition) is 3. The van der Waals surface area contributed by atoms with Gasteiger partial charge in [-0.1, -0.05) is 12.1 Å². The molecule has 3 aromatic rings. The number of benzene rings is 1. The van der Waals surface area contributed by atoms with Gasteiger partial charge in [0.1, 0.15) is 11.4 Å². The van der Waals surface area contributed by atoms with Crippen molar-refractivity contribution >= 4 is 22.4 Å². The average Bonchev–Trinajstić information content (AvgIpc) is 3.01. The SMILES string of the molecule is CCn1c(CC(C)(O)c2sccc2C)nc2ccccc21. The van der Waals surface area contributed by atoms with Gasteiger partial charge < -0.3 is 9.67 Å². The van der Waals surface area contributed by atoms with Crippen LogP contribution in [0.25, 0.3) is 11.0 Å². The van der Waals surface area contributed by atoms with Crippen LogP contribution in [0.4, 0.5) is 0 Å². The van der Waals surface area contributed by atoms with E-state index in [1.54, 1.807) is 11.3 Å². The smallest absolute Gasteiger partial charge is 0.113 e. The summed E-state index contributed by atoms with van der Waals surface area (Å²) in [7, 11) is 0. The molecule has 21 heavy (non-hydrogen) atoms. The van der Waals surface area contributed by atoms with Crippen molar-refractivity contribution in [2.24, 2.45) is 0 Å². The molecule has 0 spiro atoms. The van der Waals surface area contributed by atoms with Crippen LogP contribution in [0.3, 0.4) is 0 Å². The predicted octanol–water partition coefficient (Wildman–Crippen LogP) is 3.88. The van der Waals surface area contributed by atoms with Crippen LogP contribution in [-0.4, -0.2) is 14.7 Å². The molecule has 1 atom stereocenters. The van der Waals surface area contributed by atoms with E-state index in [0.717, 1.165) is 33.8 Å². The van der Waals surface area contributed by atoms with Crippen LogP contribution in [0, 0.1) is 6.92 Å². The van der Waals surface area contributed by atoms with Gasteiger partial charge in [0.25, 0.3) is 0 Å². The van der Waals surface area contributed by atoms with Crippen molar-refractivity contribution in [2.75, 3.05) is 0 Å². The Morgan fingerprint density at radius 2 is 2.05 bits per heavy atom. The van der Waals surface area contributed by atoms with Crippen molar-refractivity contribution in [1.82, 2.24) is 9.55 Å². The molecule has 0 saturated heterocycles. The lowest BCUT2D eigenvalue weighted by molar-refractivity contribution is 0.0580. The molecule has 0 aliphatic heterocycles. The summed E-state index contributed by atoms with van der Waals surface area (Å²) in [5, 5.41) is 12.9. The molecule has 0 amide bonds. The molecule has 2 aromatic heterocycles. The highest BCUT2D eigenvalue weighted by Crippen LogP contribution is 2.32. The highest BCUT2D eigenvalue weighted by molar-refractivity contribution is 7.10. The van der Waals surface area contributed by atoms with E-state index in [9.17, 15) is 5.11 Å². The summed E-state index contributed by atoms with van der Waals surface area (Å²) in [4.78, 5) is 5.74. The minimum Gasteiger partial charge on any atom is -0.384 e. The molecule has 0 aliphatic carbocycles. The Labute approximate surface area is 128 Å². The molecule has 1 N–H and O–H groups in total. The fourth-order valence-electron chi connectivity index (χ4n) is 2.93. The van der Waals surface area contributed by atoms with Crippen LogP contribution in [0.1, 0.15) is 30.1 Å². The molecule has 0 bridgehead atoms. The molecule has 3 rings (SSSR count). The maximum Gasteiger partial charge on any atom is 0.113 e. The van der Waals surface area contributed by atoms with E-state index in [0.29, 0.717) is 6.42 Å². The molecule has 2 heterocycles. The Hall–Kier alpha value is -1.65. The standard InChI is InChI=1S/C17H20N2OS/c1-4-19-14-8-6-5-7-13(14)18-15(19)11-17(3,20)16-12(2)9-10-21-16/h5-10,20H,4,11H2,1-3H3. The minimum atomic E-state index is -0.882. The second kappa shape index (κ2) is 5.28. The van der Waals surface area contributed by atoms with Crippen molar-refractivity contribution < 1.29 is 5.11 Å². The van der Waals surface area contributed by atoms with E-state index >= 15 is 0 Å². The van der Waals surface area contributed by atoms with Gasteiger partial charge in [-0.05, 0) is 49.9 Å². The van der Waals surface area contributed by atoms with Gasteiger partial charge in [0.05, 0.1) is 11.0 Å². The van der Waals surface area contributed by atoms with Crippen molar-refractivity contribution in [1.29, 1.82) is 0 Å². The normalized spacial score (nSPS) is 14.5. The Kier molecular flexibility index (Phi) is 3.59. The third-order valence-corrected chi connectivity index (χ3v) is 5.17. The maximum atomic E-state index is 10.9. The zero-order valence-electron chi connectivity index (χ0n) is 12.6. The summed E-state index contributed by atoms with van der Waals surface area (Å²) in [6.45, 7) is 6.90. The Balaban J connectivity index is 2.03. The van der Waals surface area contributed by atoms with E-state index in [1.807, 2.05) is 37.4 Å². The molecule has 1 unspecified atom stereocenters. The van der Waals surface area contributed by atoms with Gasteiger partial charge in [-0.3, -0.25) is 0 Å². The van der Waals surface area contributed by atoms with Crippen LogP contribution >= 0.6 is 11.3 Å². The van der Waals surface area contributed by atoms with Crippen molar-refractivity contribution in [3.63, 3.8) is 0 Å². The Bertz CT molecular complexity index is 770. The fraction of sp³-hybridized carbons (Fsp3) is 0.353. The average molecular weight is 300 g/mol. The van der Waals surface area contributed by atoms with Crippen LogP contribution in [0.15, 0.2) is 35.7 Å². The van der Waals surface area contributed by atoms with Crippen LogP contribution in [-0.2, 0) is 18.6 Å². The number of hydrogen-bond donors (Lipinski definition) is 1. The van der Waals surface area contributed by atoms with E-state index in [2.05, 4.69) is 23.6 Å². The number of aryl methyl sites for hydroxylation is 2. The lowest BCUT2D eigenvalue weighted by Gasteiger charge is -2.23. The zero-order chi connectivity index (χ0) is 15.0. The number of fused-ring (bicyclic) bond motifs is 1. The largest absolute Gasteiger partial charge is 0.384 e. The van der Waals surface area contributed by atoms with Crippen LogP contribution < -0.4 is 0 Å². The van der Waals surface area contributed by atoms with E-state index in [-0.39, 0.29) is 0 Å². The molecule has 0 fully saturated rings. The van der Waals surface area contributed by atoms with Gasteiger partial charge in [0, 0.05) is 17.8 Å². The van der Waals surface area contributed by atoms with E-state index in [1.165, 1.54) is 0 Å². The summed E-state index contributed by atoms with van der Waals surface area (Å²) < 4.78 is 2.19. The van der Waals surface area contributed by atoms with Crippen molar-refractivity contribution in [3.8, 4) is 0 Å². The van der Waals surface area contributed by atoms with Gasteiger partial charge in [-0.2, -0.15) is 0 Å². The van der Waals surface area contributed by atoms with Crippen LogP contribution in [0.5, 0.6) is 0 Å². The predicted molar refractivity (Wildman–Crippen MR) is 87.7 cm³/mol. The first-order valence-corrected chi connectivity index (χ1v) is 8.12. The number of thiophene rings is 1. The summed E-state index contributed by atoms with van der Waals surface area (Å²) in [5.41, 5.74) is 2.39. The molecule has 0 radical (unpaired) electrons. The van der Waals surface area contributed by atoms with Gasteiger partial charge in [0.15, 0.2) is 0 Å². The number of aromatic nitrogens is 2. The van der Waals surface area contributed by atoms with Crippen molar-refractivity contribution in [3.05, 3.63) is 52.0 Å². The quantitative estimate of drug-likeness (QED) is 0.794. The van der Waals surface area contributed by atoms with E-state index in [4.69, 9.17) is 4.98 Å². The Morgan fingerprint density at radius 3 is 2.71 bits per heavy atom. The Morgan fingerprint density at radius 1 is 1.29 bits per heavy atom. The molecule has 0 saturated carbocycles. The number of nitrogens with zero attached hydrogens (tertiary/aromatic N) is 2. The number of para-hydroxylation sites is 2. The maximum absolute atomic E-state index is 10.9. The molecular weight excluding hydrogens is 280 g/mol. The van der Waals surface area contributed by atoms with Crippen molar-refractivity contribution in [2.45, 2.75) is 39.3 Å². The molecule has 4 heteroatoms. The molecule has 110 valence electrons. The minimum absolute atomic E-state index is 0.525. The summed E-state index contributed by atoms with van der Waals surface area (Å²) in [6, 6.07) is 10.2. The van der Waals surface area contributed by atoms with Gasteiger partial charge in [-0.25, -0.2) is 4.98 Å². The molecular formula is C17H20N2OS. The summed E-state index contributed by atoms with van der Waals surface area (Å²) >= 11 is 1.61. The second-order valence-corrected chi connectivity index (χ2v) is 6.56. The fourth-order valence-corrected chi connectivity index (χ4v) is 3.91. The summed E-state index contributed by atoms with van der Waals surface area (Å²) in [6.07, 6.45) is 0.525. The second-order valence-electron chi connectivity index (χ2n) is 5.64. The van der Waals surface area contributed by atoms with Gasteiger partial charge >= 0.3 is 0 Å². The zero-order valence-corrected chi connectivity index (χ0v) is 13.4. The molecule has 0 aliphatic rings. The number of imidazole rings is 1. The first kappa shape index (κ1) is 14.3. The lowest BCUT2D eigenvalue weighted by atomic mass is 9.97. The highest BCUT2D eigenvalue weighted by atomic mass is 32.1. The van der Waals surface area contributed by atoms with Gasteiger partial charge in [0.2, 0.25) is 0 Å². The van der Waals surface area contributed by atoms with E-state index < -0.39 is 5.60 Å². The highest BCUT2D eigenvalue weighted by Gasteiger charge is 2.29. The topological polar surface area (TPSA) is 38.0 Å². The summed E-state index contributed by atoms with van der Waals surface area (Å²) in [5.74, 6) is 0.941. The monoisotopic (exact) mass is 300 g/mol. The third kappa shape index (κ3) is 2.49. The lowest BCUT2D eigenvalue weighted by Crippen LogP contribution is -2.25.